The predicted octanol–water partition coefficient (Wildman–Crippen LogP) is 2.42. The van der Waals surface area contributed by atoms with Gasteiger partial charge in [0.15, 0.2) is 0 Å². The zero-order valence-electron chi connectivity index (χ0n) is 13.7. The van der Waals surface area contributed by atoms with Crippen LogP contribution in [0.5, 0.6) is 0 Å². The van der Waals surface area contributed by atoms with E-state index in [1.807, 2.05) is 6.07 Å². The summed E-state index contributed by atoms with van der Waals surface area (Å²) in [6, 6.07) is 10.5. The molecule has 1 aromatic carbocycles. The lowest BCUT2D eigenvalue weighted by Crippen LogP contribution is -2.14. The van der Waals surface area contributed by atoms with Crippen LogP contribution in [-0.2, 0) is 19.1 Å². The van der Waals surface area contributed by atoms with Crippen LogP contribution in [0.15, 0.2) is 30.3 Å². The molecule has 0 spiro atoms. The molecule has 0 aliphatic carbocycles. The van der Waals surface area contributed by atoms with Crippen LogP contribution in [0.2, 0.25) is 6.32 Å². The molecule has 23 heavy (non-hydrogen) atoms. The minimum absolute atomic E-state index is 0.0927. The Morgan fingerprint density at radius 1 is 1.13 bits per heavy atom. The van der Waals surface area contributed by atoms with Crippen LogP contribution in [0.25, 0.3) is 0 Å². The van der Waals surface area contributed by atoms with Gasteiger partial charge in [-0.3, -0.25) is 9.59 Å². The summed E-state index contributed by atoms with van der Waals surface area (Å²) in [6.07, 6.45) is 1.77. The SMILES string of the molecule is CCC(BCCOCCOC(=O)CCC(=O)O)c1ccccc1. The average Bonchev–Trinajstić information content (AvgIpc) is 2.56. The number of carboxylic acids is 1. The summed E-state index contributed by atoms with van der Waals surface area (Å²) in [4.78, 5) is 21.5. The van der Waals surface area contributed by atoms with Gasteiger partial charge in [0, 0.05) is 6.61 Å². The zero-order chi connectivity index (χ0) is 16.9. The minimum atomic E-state index is -0.998. The van der Waals surface area contributed by atoms with Crippen molar-refractivity contribution in [1.29, 1.82) is 0 Å². The van der Waals surface area contributed by atoms with Gasteiger partial charge in [0.05, 0.1) is 19.4 Å². The van der Waals surface area contributed by atoms with Gasteiger partial charge < -0.3 is 14.6 Å². The fourth-order valence-corrected chi connectivity index (χ4v) is 2.36. The van der Waals surface area contributed by atoms with Crippen LogP contribution in [-0.4, -0.2) is 44.1 Å². The van der Waals surface area contributed by atoms with Gasteiger partial charge in [0.25, 0.3) is 0 Å². The number of ether oxygens (including phenoxy) is 2. The van der Waals surface area contributed by atoms with E-state index in [1.165, 1.54) is 5.56 Å². The Bertz CT molecular complexity index is 463. The van der Waals surface area contributed by atoms with Gasteiger partial charge in [-0.05, 0) is 5.82 Å². The second kappa shape index (κ2) is 11.7. The van der Waals surface area contributed by atoms with E-state index in [0.29, 0.717) is 19.0 Å². The highest BCUT2D eigenvalue weighted by Gasteiger charge is 2.10. The van der Waals surface area contributed by atoms with Gasteiger partial charge in [-0.2, -0.15) is 0 Å². The summed E-state index contributed by atoms with van der Waals surface area (Å²) in [7, 11) is 1.07. The highest BCUT2D eigenvalue weighted by atomic mass is 16.6. The van der Waals surface area contributed by atoms with E-state index in [-0.39, 0.29) is 19.4 Å². The van der Waals surface area contributed by atoms with Crippen molar-refractivity contribution in [3.63, 3.8) is 0 Å². The van der Waals surface area contributed by atoms with Crippen LogP contribution in [0.3, 0.4) is 0 Å². The number of esters is 1. The second-order valence-corrected chi connectivity index (χ2v) is 5.38. The molecular formula is C17H25BO5. The maximum absolute atomic E-state index is 11.2. The number of hydrogen-bond acceptors (Lipinski definition) is 4. The Balaban J connectivity index is 2.04. The quantitative estimate of drug-likeness (QED) is 0.364. The van der Waals surface area contributed by atoms with E-state index in [2.05, 4.69) is 31.2 Å². The molecule has 0 bridgehead atoms. The number of carboxylic acid groups (broad SMARTS) is 1. The van der Waals surface area contributed by atoms with E-state index >= 15 is 0 Å². The second-order valence-electron chi connectivity index (χ2n) is 5.38. The molecule has 0 aromatic heterocycles. The molecule has 126 valence electrons. The number of aliphatic carboxylic acids is 1. The molecule has 0 aliphatic rings. The van der Waals surface area contributed by atoms with Crippen LogP contribution in [0.4, 0.5) is 0 Å². The normalized spacial score (nSPS) is 11.7. The lowest BCUT2D eigenvalue weighted by Gasteiger charge is -2.14. The van der Waals surface area contributed by atoms with E-state index in [1.54, 1.807) is 0 Å². The Hall–Kier alpha value is -1.82. The van der Waals surface area contributed by atoms with Crippen molar-refractivity contribution in [3.05, 3.63) is 35.9 Å². The number of rotatable bonds is 12. The summed E-state index contributed by atoms with van der Waals surface area (Å²) >= 11 is 0. The summed E-state index contributed by atoms with van der Waals surface area (Å²) in [5.74, 6) is -0.943. The Kier molecular flexibility index (Phi) is 9.79. The molecule has 0 fully saturated rings. The maximum atomic E-state index is 11.2. The molecular weight excluding hydrogens is 295 g/mol. The highest BCUT2D eigenvalue weighted by molar-refractivity contribution is 6.37. The number of carbonyl (C=O) groups is 2. The lowest BCUT2D eigenvalue weighted by molar-refractivity contribution is -0.148. The molecule has 0 heterocycles. The topological polar surface area (TPSA) is 72.8 Å². The standard InChI is InChI=1S/C17H25BO5/c1-2-15(14-6-4-3-5-7-14)18-10-11-22-12-13-23-17(21)9-8-16(19)20/h3-7,15,18H,2,8-13H2,1H3,(H,19,20). The molecule has 0 saturated carbocycles. The fraction of sp³-hybridized carbons (Fsp3) is 0.529. The summed E-state index contributed by atoms with van der Waals surface area (Å²) in [6.45, 7) is 3.35. The first-order chi connectivity index (χ1) is 11.1. The Labute approximate surface area is 138 Å². The van der Waals surface area contributed by atoms with Gasteiger partial charge in [-0.25, -0.2) is 0 Å². The lowest BCUT2D eigenvalue weighted by atomic mass is 9.58. The van der Waals surface area contributed by atoms with Gasteiger partial charge in [0.1, 0.15) is 13.9 Å². The summed E-state index contributed by atoms with van der Waals surface area (Å²) in [5.41, 5.74) is 1.36. The monoisotopic (exact) mass is 320 g/mol. The average molecular weight is 320 g/mol. The fourth-order valence-electron chi connectivity index (χ4n) is 2.36. The van der Waals surface area contributed by atoms with Crippen LogP contribution < -0.4 is 0 Å². The molecule has 1 atom stereocenters. The highest BCUT2D eigenvalue weighted by Crippen LogP contribution is 2.18. The number of hydrogen-bond donors (Lipinski definition) is 1. The van der Waals surface area contributed by atoms with Crippen molar-refractivity contribution in [3.8, 4) is 0 Å². The first-order valence-corrected chi connectivity index (χ1v) is 8.13. The number of benzene rings is 1. The predicted molar refractivity (Wildman–Crippen MR) is 90.1 cm³/mol. The van der Waals surface area contributed by atoms with Crippen LogP contribution >= 0.6 is 0 Å². The first-order valence-electron chi connectivity index (χ1n) is 8.13. The molecule has 1 aromatic rings. The van der Waals surface area contributed by atoms with Crippen molar-refractivity contribution >= 4 is 19.2 Å². The Morgan fingerprint density at radius 3 is 2.52 bits per heavy atom. The molecule has 1 unspecified atom stereocenters. The van der Waals surface area contributed by atoms with Crippen molar-refractivity contribution < 1.29 is 24.2 Å². The van der Waals surface area contributed by atoms with Crippen molar-refractivity contribution in [1.82, 2.24) is 0 Å². The van der Waals surface area contributed by atoms with Crippen molar-refractivity contribution in [2.24, 2.45) is 0 Å². The third-order valence-corrected chi connectivity index (χ3v) is 3.64. The minimum Gasteiger partial charge on any atom is -0.481 e. The third kappa shape index (κ3) is 9.03. The van der Waals surface area contributed by atoms with Crippen LogP contribution in [0.1, 0.15) is 37.6 Å². The molecule has 0 saturated heterocycles. The largest absolute Gasteiger partial charge is 0.481 e. The van der Waals surface area contributed by atoms with Gasteiger partial charge in [0.2, 0.25) is 0 Å². The van der Waals surface area contributed by atoms with Crippen molar-refractivity contribution in [2.45, 2.75) is 38.3 Å². The first kappa shape index (κ1) is 19.2. The maximum Gasteiger partial charge on any atom is 0.306 e. The molecule has 6 heteroatoms. The van der Waals surface area contributed by atoms with E-state index in [9.17, 15) is 9.59 Å². The van der Waals surface area contributed by atoms with Crippen molar-refractivity contribution in [2.75, 3.05) is 19.8 Å². The van der Waals surface area contributed by atoms with Gasteiger partial charge in [-0.15, -0.1) is 0 Å². The number of carbonyl (C=O) groups excluding carboxylic acids is 1. The van der Waals surface area contributed by atoms with E-state index < -0.39 is 11.9 Å². The summed E-state index contributed by atoms with van der Waals surface area (Å²) in [5, 5.41) is 8.45. The van der Waals surface area contributed by atoms with E-state index in [0.717, 1.165) is 20.0 Å². The van der Waals surface area contributed by atoms with E-state index in [4.69, 9.17) is 14.6 Å². The molecule has 5 nitrogen and oxygen atoms in total. The Morgan fingerprint density at radius 2 is 1.87 bits per heavy atom. The summed E-state index contributed by atoms with van der Waals surface area (Å²) < 4.78 is 10.3. The molecule has 1 N–H and O–H groups in total. The van der Waals surface area contributed by atoms with Crippen LogP contribution in [0, 0.1) is 0 Å². The molecule has 1 rings (SSSR count). The zero-order valence-corrected chi connectivity index (χ0v) is 13.7. The molecule has 0 amide bonds. The molecule has 0 aliphatic heterocycles. The third-order valence-electron chi connectivity index (χ3n) is 3.64. The van der Waals surface area contributed by atoms with Gasteiger partial charge in [-0.1, -0.05) is 55.6 Å². The smallest absolute Gasteiger partial charge is 0.306 e. The van der Waals surface area contributed by atoms with Gasteiger partial charge >= 0.3 is 11.9 Å². The molecule has 0 radical (unpaired) electrons.